The number of hydrogen-bond donors (Lipinski definition) is 2. The number of thiazole rings is 1. The fraction of sp³-hybridized carbons (Fsp3) is 0.125. The van der Waals surface area contributed by atoms with Crippen LogP contribution in [0.5, 0.6) is 0 Å². The summed E-state index contributed by atoms with van der Waals surface area (Å²) in [6.07, 6.45) is 1.66. The van der Waals surface area contributed by atoms with Crippen molar-refractivity contribution in [3.63, 3.8) is 0 Å². The fourth-order valence-electron chi connectivity index (χ4n) is 2.06. The maximum Gasteiger partial charge on any atom is 0.354 e. The number of nitrogens with zero attached hydrogens (tertiary/aromatic N) is 2. The third-order valence-electron chi connectivity index (χ3n) is 3.23. The molecule has 0 spiro atoms. The number of H-pyrrole nitrogens is 1. The molecule has 0 aromatic carbocycles. The molecule has 0 saturated heterocycles. The predicted molar refractivity (Wildman–Crippen MR) is 90.2 cm³/mol. The predicted octanol–water partition coefficient (Wildman–Crippen LogP) is 2.88. The lowest BCUT2D eigenvalue weighted by Gasteiger charge is -2.01. The summed E-state index contributed by atoms with van der Waals surface area (Å²) in [5, 5.41) is 4.97. The van der Waals surface area contributed by atoms with Crippen molar-refractivity contribution in [3.05, 3.63) is 52.9 Å². The van der Waals surface area contributed by atoms with Gasteiger partial charge in [0, 0.05) is 22.8 Å². The van der Waals surface area contributed by atoms with Crippen molar-refractivity contribution in [2.75, 3.05) is 12.4 Å². The number of methoxy groups -OCH3 is 1. The molecule has 3 rings (SSSR count). The van der Waals surface area contributed by atoms with Crippen LogP contribution < -0.4 is 5.32 Å². The summed E-state index contributed by atoms with van der Waals surface area (Å²) in [5.74, 6) is -0.764. The molecular weight excluding hydrogens is 328 g/mol. The lowest BCUT2D eigenvalue weighted by Crippen LogP contribution is -2.13. The van der Waals surface area contributed by atoms with Crippen molar-refractivity contribution < 1.29 is 14.3 Å². The molecule has 2 N–H and O–H groups in total. The van der Waals surface area contributed by atoms with Gasteiger partial charge in [-0.15, -0.1) is 11.3 Å². The van der Waals surface area contributed by atoms with Gasteiger partial charge in [-0.3, -0.25) is 10.1 Å². The molecular formula is C16H14N4O3S. The van der Waals surface area contributed by atoms with Crippen LogP contribution in [0.2, 0.25) is 0 Å². The average molecular weight is 342 g/mol. The van der Waals surface area contributed by atoms with Crippen molar-refractivity contribution in [3.8, 4) is 11.3 Å². The first-order valence-electron chi connectivity index (χ1n) is 7.04. The Morgan fingerprint density at radius 2 is 2.12 bits per heavy atom. The van der Waals surface area contributed by atoms with Crippen molar-refractivity contribution >= 4 is 28.3 Å². The zero-order chi connectivity index (χ0) is 17.1. The molecule has 3 heterocycles. The monoisotopic (exact) mass is 342 g/mol. The quantitative estimate of drug-likeness (QED) is 0.711. The van der Waals surface area contributed by atoms with Gasteiger partial charge in [-0.05, 0) is 25.1 Å². The van der Waals surface area contributed by atoms with E-state index in [2.05, 4.69) is 25.0 Å². The van der Waals surface area contributed by atoms with Gasteiger partial charge in [0.25, 0.3) is 5.91 Å². The number of amides is 1. The van der Waals surface area contributed by atoms with Crippen LogP contribution in [-0.4, -0.2) is 33.9 Å². The van der Waals surface area contributed by atoms with Gasteiger partial charge in [0.2, 0.25) is 0 Å². The summed E-state index contributed by atoms with van der Waals surface area (Å²) in [6.45, 7) is 1.82. The van der Waals surface area contributed by atoms with Crippen LogP contribution in [0.25, 0.3) is 11.3 Å². The van der Waals surface area contributed by atoms with Crippen LogP contribution in [0, 0.1) is 6.92 Å². The number of esters is 1. The summed E-state index contributed by atoms with van der Waals surface area (Å²) in [7, 11) is 1.32. The SMILES string of the molecule is COC(=O)c1cc(-c2csc(NC(=O)c3cccc(C)n3)n2)c[nH]1. The van der Waals surface area contributed by atoms with Gasteiger partial charge in [0.1, 0.15) is 11.4 Å². The first kappa shape index (κ1) is 15.9. The molecule has 0 unspecified atom stereocenters. The average Bonchev–Trinajstić information content (AvgIpc) is 3.23. The first-order valence-corrected chi connectivity index (χ1v) is 7.92. The molecule has 3 aromatic rings. The van der Waals surface area contributed by atoms with Gasteiger partial charge in [-0.25, -0.2) is 14.8 Å². The first-order chi connectivity index (χ1) is 11.6. The zero-order valence-corrected chi connectivity index (χ0v) is 13.8. The second-order valence-corrected chi connectivity index (χ2v) is 5.81. The molecule has 0 aliphatic heterocycles. The Kier molecular flexibility index (Phi) is 4.39. The van der Waals surface area contributed by atoms with E-state index in [-0.39, 0.29) is 5.91 Å². The second kappa shape index (κ2) is 6.63. The zero-order valence-electron chi connectivity index (χ0n) is 13.0. The molecule has 0 saturated carbocycles. The highest BCUT2D eigenvalue weighted by atomic mass is 32.1. The lowest BCUT2D eigenvalue weighted by atomic mass is 10.2. The molecule has 1 amide bonds. The minimum Gasteiger partial charge on any atom is -0.464 e. The van der Waals surface area contributed by atoms with Gasteiger partial charge >= 0.3 is 5.97 Å². The molecule has 0 radical (unpaired) electrons. The Hall–Kier alpha value is -3.00. The van der Waals surface area contributed by atoms with E-state index in [0.29, 0.717) is 22.2 Å². The Morgan fingerprint density at radius 3 is 2.88 bits per heavy atom. The van der Waals surface area contributed by atoms with E-state index >= 15 is 0 Å². The number of nitrogens with one attached hydrogen (secondary N) is 2. The van der Waals surface area contributed by atoms with Crippen LogP contribution in [0.3, 0.4) is 0 Å². The van der Waals surface area contributed by atoms with Crippen LogP contribution in [0.1, 0.15) is 26.7 Å². The number of carbonyl (C=O) groups excluding carboxylic acids is 2. The summed E-state index contributed by atoms with van der Waals surface area (Å²) >= 11 is 1.29. The number of aromatic amines is 1. The standard InChI is InChI=1S/C16H14N4O3S/c1-9-4-3-5-11(18-9)14(21)20-16-19-13(8-24-16)10-6-12(17-7-10)15(22)23-2/h3-8,17H,1-2H3,(H,19,20,21). The molecule has 0 atom stereocenters. The topological polar surface area (TPSA) is 97.0 Å². The lowest BCUT2D eigenvalue weighted by molar-refractivity contribution is 0.0594. The largest absolute Gasteiger partial charge is 0.464 e. The summed E-state index contributed by atoms with van der Waals surface area (Å²) in [5.41, 5.74) is 2.83. The molecule has 0 aliphatic carbocycles. The van der Waals surface area contributed by atoms with Crippen molar-refractivity contribution in [2.24, 2.45) is 0 Å². The van der Waals surface area contributed by atoms with Crippen LogP contribution in [0.15, 0.2) is 35.8 Å². The highest BCUT2D eigenvalue weighted by Gasteiger charge is 2.14. The third kappa shape index (κ3) is 3.33. The molecule has 0 fully saturated rings. The normalized spacial score (nSPS) is 10.4. The number of rotatable bonds is 4. The maximum absolute atomic E-state index is 12.2. The number of ether oxygens (including phenoxy) is 1. The summed E-state index contributed by atoms with van der Waals surface area (Å²) in [4.78, 5) is 35.0. The third-order valence-corrected chi connectivity index (χ3v) is 3.99. The summed E-state index contributed by atoms with van der Waals surface area (Å²) < 4.78 is 4.65. The number of carbonyl (C=O) groups is 2. The molecule has 8 heteroatoms. The van der Waals surface area contributed by atoms with E-state index < -0.39 is 5.97 Å². The maximum atomic E-state index is 12.2. The molecule has 122 valence electrons. The molecule has 24 heavy (non-hydrogen) atoms. The van der Waals surface area contributed by atoms with Crippen LogP contribution in [-0.2, 0) is 4.74 Å². The molecule has 0 aliphatic rings. The van der Waals surface area contributed by atoms with Gasteiger partial charge in [0.05, 0.1) is 12.8 Å². The van der Waals surface area contributed by atoms with Gasteiger partial charge in [-0.2, -0.15) is 0 Å². The molecule has 0 bridgehead atoms. The van der Waals surface area contributed by atoms with Crippen LogP contribution >= 0.6 is 11.3 Å². The highest BCUT2D eigenvalue weighted by Crippen LogP contribution is 2.26. The Bertz CT molecular complexity index is 900. The van der Waals surface area contributed by atoms with E-state index in [1.807, 2.05) is 13.0 Å². The molecule has 3 aromatic heterocycles. The fourth-order valence-corrected chi connectivity index (χ4v) is 2.78. The Labute approximate surface area is 141 Å². The highest BCUT2D eigenvalue weighted by molar-refractivity contribution is 7.14. The Balaban J connectivity index is 1.75. The number of hydrogen-bond acceptors (Lipinski definition) is 6. The number of aromatic nitrogens is 3. The van der Waals surface area contributed by atoms with E-state index in [1.54, 1.807) is 29.8 Å². The second-order valence-electron chi connectivity index (χ2n) is 4.95. The van der Waals surface area contributed by atoms with Crippen molar-refractivity contribution in [2.45, 2.75) is 6.92 Å². The van der Waals surface area contributed by atoms with Crippen molar-refractivity contribution in [1.82, 2.24) is 15.0 Å². The number of anilines is 1. The minimum atomic E-state index is -0.449. The number of aryl methyl sites for hydroxylation is 1. The van der Waals surface area contributed by atoms with Gasteiger partial charge in [0.15, 0.2) is 5.13 Å². The molecule has 7 nitrogen and oxygen atoms in total. The van der Waals surface area contributed by atoms with E-state index in [1.165, 1.54) is 18.4 Å². The van der Waals surface area contributed by atoms with E-state index in [9.17, 15) is 9.59 Å². The van der Waals surface area contributed by atoms with E-state index in [4.69, 9.17) is 0 Å². The minimum absolute atomic E-state index is 0.316. The van der Waals surface area contributed by atoms with Crippen molar-refractivity contribution in [1.29, 1.82) is 0 Å². The van der Waals surface area contributed by atoms with E-state index in [0.717, 1.165) is 11.3 Å². The summed E-state index contributed by atoms with van der Waals surface area (Å²) in [6, 6.07) is 6.89. The number of pyridine rings is 1. The van der Waals surface area contributed by atoms with Crippen LogP contribution in [0.4, 0.5) is 5.13 Å². The van der Waals surface area contributed by atoms with Gasteiger partial charge in [-0.1, -0.05) is 6.07 Å². The Morgan fingerprint density at radius 1 is 1.29 bits per heavy atom. The smallest absolute Gasteiger partial charge is 0.354 e. The van der Waals surface area contributed by atoms with Gasteiger partial charge < -0.3 is 9.72 Å².